The van der Waals surface area contributed by atoms with Crippen LogP contribution in [-0.4, -0.2) is 44.7 Å². The number of rotatable bonds is 5. The van der Waals surface area contributed by atoms with Gasteiger partial charge in [-0.15, -0.1) is 0 Å². The third-order valence-electron chi connectivity index (χ3n) is 2.84. The number of nitrogens with two attached hydrogens (primary N) is 1. The number of piperazine rings is 1. The van der Waals surface area contributed by atoms with Gasteiger partial charge in [-0.05, 0) is 18.6 Å². The second-order valence-electron chi connectivity index (χ2n) is 4.13. The van der Waals surface area contributed by atoms with Crippen LogP contribution in [0.1, 0.15) is 6.92 Å². The third kappa shape index (κ3) is 4.63. The molecule has 1 rings (SSSR count). The Bertz CT molecular complexity index is 315. The number of allylic oxidation sites excluding steroid dienone is 1. The van der Waals surface area contributed by atoms with E-state index in [4.69, 9.17) is 10.5 Å². The molecule has 0 spiro atoms. The van der Waals surface area contributed by atoms with Crippen molar-refractivity contribution in [3.05, 3.63) is 35.8 Å². The molecule has 1 fully saturated rings. The van der Waals surface area contributed by atoms with Crippen molar-refractivity contribution in [2.75, 3.05) is 39.8 Å². The van der Waals surface area contributed by atoms with Crippen molar-refractivity contribution < 1.29 is 4.74 Å². The average Bonchev–Trinajstić information content (AvgIpc) is 2.35. The summed E-state index contributed by atoms with van der Waals surface area (Å²) in [7, 11) is 1.61. The summed E-state index contributed by atoms with van der Waals surface area (Å²) in [4.78, 5) is 2.41. The monoisotopic (exact) mass is 237 g/mol. The maximum atomic E-state index is 5.64. The smallest absolute Gasteiger partial charge is 0.141 e. The van der Waals surface area contributed by atoms with Crippen molar-refractivity contribution in [1.29, 1.82) is 0 Å². The van der Waals surface area contributed by atoms with Crippen LogP contribution in [-0.2, 0) is 4.74 Å². The fourth-order valence-electron chi connectivity index (χ4n) is 1.80. The summed E-state index contributed by atoms with van der Waals surface area (Å²) in [6.45, 7) is 10.9. The summed E-state index contributed by atoms with van der Waals surface area (Å²) in [6, 6.07) is 0. The molecule has 0 aromatic heterocycles. The maximum Gasteiger partial charge on any atom is 0.141 e. The molecule has 0 saturated carbocycles. The molecule has 0 bridgehead atoms. The number of hydrogen-bond acceptors (Lipinski definition) is 4. The van der Waals surface area contributed by atoms with E-state index in [-0.39, 0.29) is 0 Å². The molecule has 0 aromatic rings. The Morgan fingerprint density at radius 1 is 1.47 bits per heavy atom. The lowest BCUT2D eigenvalue weighted by atomic mass is 10.2. The summed E-state index contributed by atoms with van der Waals surface area (Å²) in [6.07, 6.45) is 4.05. The van der Waals surface area contributed by atoms with E-state index in [9.17, 15) is 0 Å². The van der Waals surface area contributed by atoms with E-state index in [0.717, 1.165) is 32.7 Å². The van der Waals surface area contributed by atoms with Crippen molar-refractivity contribution >= 4 is 0 Å². The van der Waals surface area contributed by atoms with Crippen LogP contribution in [0.3, 0.4) is 0 Å². The maximum absolute atomic E-state index is 5.64. The van der Waals surface area contributed by atoms with Crippen LogP contribution in [0.5, 0.6) is 0 Å². The SMILES string of the molecule is C=C(N)/C(=C\C(=C/C)CN1CCNCC1)OC. The van der Waals surface area contributed by atoms with Gasteiger partial charge in [-0.2, -0.15) is 0 Å². The molecule has 1 saturated heterocycles. The minimum absolute atomic E-state index is 0.465. The largest absolute Gasteiger partial charge is 0.495 e. The minimum atomic E-state index is 0.465. The molecule has 1 aliphatic heterocycles. The second-order valence-corrected chi connectivity index (χ2v) is 4.13. The Morgan fingerprint density at radius 2 is 2.12 bits per heavy atom. The van der Waals surface area contributed by atoms with Crippen LogP contribution >= 0.6 is 0 Å². The Balaban J connectivity index is 2.62. The topological polar surface area (TPSA) is 50.5 Å². The zero-order valence-corrected chi connectivity index (χ0v) is 10.8. The molecule has 0 atom stereocenters. The van der Waals surface area contributed by atoms with Crippen molar-refractivity contribution in [1.82, 2.24) is 10.2 Å². The highest BCUT2D eigenvalue weighted by molar-refractivity contribution is 5.30. The van der Waals surface area contributed by atoms with Gasteiger partial charge in [0.1, 0.15) is 5.76 Å². The summed E-state index contributed by atoms with van der Waals surface area (Å²) in [5, 5.41) is 3.34. The third-order valence-corrected chi connectivity index (χ3v) is 2.84. The summed E-state index contributed by atoms with van der Waals surface area (Å²) >= 11 is 0. The fourth-order valence-corrected chi connectivity index (χ4v) is 1.80. The van der Waals surface area contributed by atoms with Crippen molar-refractivity contribution in [2.24, 2.45) is 5.73 Å². The highest BCUT2D eigenvalue weighted by Gasteiger charge is 2.10. The van der Waals surface area contributed by atoms with Gasteiger partial charge in [0.2, 0.25) is 0 Å². The Kier molecular flexibility index (Phi) is 5.80. The van der Waals surface area contributed by atoms with E-state index >= 15 is 0 Å². The van der Waals surface area contributed by atoms with E-state index in [1.807, 2.05) is 13.0 Å². The lowest BCUT2D eigenvalue weighted by Gasteiger charge is -2.27. The first-order valence-corrected chi connectivity index (χ1v) is 5.96. The number of nitrogens with zero attached hydrogens (tertiary/aromatic N) is 1. The zero-order valence-electron chi connectivity index (χ0n) is 10.8. The summed E-state index contributed by atoms with van der Waals surface area (Å²) < 4.78 is 5.20. The molecular formula is C13H23N3O. The first kappa shape index (κ1) is 13.8. The molecule has 4 heteroatoms. The number of hydrogen-bond donors (Lipinski definition) is 2. The molecule has 96 valence electrons. The van der Waals surface area contributed by atoms with Gasteiger partial charge in [-0.1, -0.05) is 12.7 Å². The standard InChI is InChI=1S/C13H23N3O/c1-4-12(9-13(17-3)11(2)14)10-16-7-5-15-6-8-16/h4,9,15H,2,5-8,10,14H2,1,3H3/b12-4+,13-9+. The normalized spacial score (nSPS) is 19.2. The molecule has 1 heterocycles. The van der Waals surface area contributed by atoms with Gasteiger partial charge in [0.15, 0.2) is 0 Å². The molecule has 0 aromatic carbocycles. The Morgan fingerprint density at radius 3 is 2.59 bits per heavy atom. The van der Waals surface area contributed by atoms with Gasteiger partial charge >= 0.3 is 0 Å². The quantitative estimate of drug-likeness (QED) is 0.549. The van der Waals surface area contributed by atoms with Crippen molar-refractivity contribution in [3.8, 4) is 0 Å². The number of nitrogens with one attached hydrogen (secondary N) is 1. The summed E-state index contributed by atoms with van der Waals surface area (Å²) in [5.41, 5.74) is 7.31. The predicted molar refractivity (Wildman–Crippen MR) is 71.5 cm³/mol. The molecule has 17 heavy (non-hydrogen) atoms. The van der Waals surface area contributed by atoms with Gasteiger partial charge < -0.3 is 15.8 Å². The predicted octanol–water partition coefficient (Wildman–Crippen LogP) is 0.841. The first-order valence-electron chi connectivity index (χ1n) is 5.96. The molecular weight excluding hydrogens is 214 g/mol. The Hall–Kier alpha value is -1.26. The van der Waals surface area contributed by atoms with Crippen molar-refractivity contribution in [3.63, 3.8) is 0 Å². The van der Waals surface area contributed by atoms with Crippen LogP contribution in [0, 0.1) is 0 Å². The highest BCUT2D eigenvalue weighted by atomic mass is 16.5. The van der Waals surface area contributed by atoms with Crippen molar-refractivity contribution in [2.45, 2.75) is 6.92 Å². The van der Waals surface area contributed by atoms with Gasteiger partial charge in [-0.3, -0.25) is 4.90 Å². The van der Waals surface area contributed by atoms with E-state index in [2.05, 4.69) is 22.9 Å². The summed E-state index contributed by atoms with van der Waals surface area (Å²) in [5.74, 6) is 0.647. The van der Waals surface area contributed by atoms with Crippen LogP contribution < -0.4 is 11.1 Å². The second kappa shape index (κ2) is 7.14. The number of methoxy groups -OCH3 is 1. The molecule has 4 nitrogen and oxygen atoms in total. The van der Waals surface area contributed by atoms with Crippen LogP contribution in [0.15, 0.2) is 35.8 Å². The van der Waals surface area contributed by atoms with E-state index in [1.165, 1.54) is 5.57 Å². The fraction of sp³-hybridized carbons (Fsp3) is 0.538. The van der Waals surface area contributed by atoms with E-state index in [0.29, 0.717) is 11.5 Å². The first-order chi connectivity index (χ1) is 8.17. The van der Waals surface area contributed by atoms with E-state index in [1.54, 1.807) is 7.11 Å². The van der Waals surface area contributed by atoms with Gasteiger partial charge in [0.05, 0.1) is 12.8 Å². The molecule has 1 aliphatic rings. The zero-order chi connectivity index (χ0) is 12.7. The lowest BCUT2D eigenvalue weighted by Crippen LogP contribution is -2.44. The van der Waals surface area contributed by atoms with Gasteiger partial charge in [-0.25, -0.2) is 0 Å². The Labute approximate surface area is 104 Å². The molecule has 0 amide bonds. The van der Waals surface area contributed by atoms with Crippen LogP contribution in [0.2, 0.25) is 0 Å². The van der Waals surface area contributed by atoms with E-state index < -0.39 is 0 Å². The van der Waals surface area contributed by atoms with Crippen LogP contribution in [0.4, 0.5) is 0 Å². The number of ether oxygens (including phenoxy) is 1. The molecule has 0 aliphatic carbocycles. The highest BCUT2D eigenvalue weighted by Crippen LogP contribution is 2.10. The minimum Gasteiger partial charge on any atom is -0.495 e. The van der Waals surface area contributed by atoms with Crippen LogP contribution in [0.25, 0.3) is 0 Å². The lowest BCUT2D eigenvalue weighted by molar-refractivity contribution is 0.259. The molecule has 3 N–H and O–H groups in total. The molecule has 0 radical (unpaired) electrons. The van der Waals surface area contributed by atoms with Gasteiger partial charge in [0, 0.05) is 32.7 Å². The molecule has 0 unspecified atom stereocenters. The van der Waals surface area contributed by atoms with Gasteiger partial charge in [0.25, 0.3) is 0 Å². The average molecular weight is 237 g/mol.